The minimum absolute atomic E-state index is 0.574. The standard InChI is InChI=1S/C8H17N3O/c1-11-5-2-8(12,7-11)6-10-4-3-9/h3-4,10,12H,2,5-7,9H2,1H3/b4-3-. The number of rotatable bonds is 3. The molecule has 0 saturated carbocycles. The first-order valence-corrected chi connectivity index (χ1v) is 4.17. The molecule has 0 aliphatic carbocycles. The van der Waals surface area contributed by atoms with Gasteiger partial charge in [0.05, 0.1) is 5.60 Å². The number of likely N-dealkylation sites (tertiary alicyclic amines) is 1. The van der Waals surface area contributed by atoms with Crippen molar-refractivity contribution < 1.29 is 5.11 Å². The number of nitrogens with two attached hydrogens (primary N) is 1. The summed E-state index contributed by atoms with van der Waals surface area (Å²) in [6.45, 7) is 2.27. The Morgan fingerprint density at radius 1 is 1.75 bits per heavy atom. The van der Waals surface area contributed by atoms with Gasteiger partial charge in [-0.2, -0.15) is 0 Å². The number of hydrogen-bond acceptors (Lipinski definition) is 4. The first-order chi connectivity index (χ1) is 5.66. The zero-order valence-corrected chi connectivity index (χ0v) is 7.45. The second kappa shape index (κ2) is 3.78. The summed E-state index contributed by atoms with van der Waals surface area (Å²) in [4.78, 5) is 2.12. The molecule has 1 heterocycles. The minimum Gasteiger partial charge on any atom is -0.403 e. The molecule has 4 nitrogen and oxygen atoms in total. The molecule has 1 fully saturated rings. The minimum atomic E-state index is -0.575. The molecule has 70 valence electrons. The van der Waals surface area contributed by atoms with Crippen molar-refractivity contribution >= 4 is 0 Å². The number of β-amino-alcohol motifs (C(OH)–C–C–N with tert-alkyl or cyclic N) is 1. The Kier molecular flexibility index (Phi) is 2.94. The zero-order valence-electron chi connectivity index (χ0n) is 7.45. The second-order valence-corrected chi connectivity index (χ2v) is 3.45. The average molecular weight is 171 g/mol. The number of likely N-dealkylation sites (N-methyl/N-ethyl adjacent to an activating group) is 1. The lowest BCUT2D eigenvalue weighted by atomic mass is 10.0. The van der Waals surface area contributed by atoms with Gasteiger partial charge < -0.3 is 21.1 Å². The molecule has 1 atom stereocenters. The SMILES string of the molecule is CN1CCC(O)(CN/C=C\N)C1. The third kappa shape index (κ3) is 2.39. The van der Waals surface area contributed by atoms with E-state index < -0.39 is 5.60 Å². The van der Waals surface area contributed by atoms with Crippen LogP contribution in [0.15, 0.2) is 12.4 Å². The van der Waals surface area contributed by atoms with E-state index in [0.717, 1.165) is 19.5 Å². The maximum Gasteiger partial charge on any atom is 0.0957 e. The Hall–Kier alpha value is -0.740. The third-order valence-corrected chi connectivity index (χ3v) is 2.17. The van der Waals surface area contributed by atoms with Crippen LogP contribution in [0.3, 0.4) is 0 Å². The van der Waals surface area contributed by atoms with Gasteiger partial charge in [0.25, 0.3) is 0 Å². The molecule has 4 heteroatoms. The van der Waals surface area contributed by atoms with Crippen molar-refractivity contribution in [1.29, 1.82) is 0 Å². The molecule has 0 bridgehead atoms. The van der Waals surface area contributed by atoms with Crippen LogP contribution >= 0.6 is 0 Å². The summed E-state index contributed by atoms with van der Waals surface area (Å²) in [7, 11) is 2.01. The molecular formula is C8H17N3O. The summed E-state index contributed by atoms with van der Waals surface area (Å²) in [6.07, 6.45) is 3.91. The number of nitrogens with one attached hydrogen (secondary N) is 1. The van der Waals surface area contributed by atoms with Crippen LogP contribution in [-0.2, 0) is 0 Å². The van der Waals surface area contributed by atoms with Gasteiger partial charge in [0, 0.05) is 32.0 Å². The van der Waals surface area contributed by atoms with Crippen LogP contribution in [0, 0.1) is 0 Å². The van der Waals surface area contributed by atoms with Gasteiger partial charge in [-0.3, -0.25) is 0 Å². The van der Waals surface area contributed by atoms with Crippen LogP contribution in [0.1, 0.15) is 6.42 Å². The molecule has 1 aliphatic heterocycles. The van der Waals surface area contributed by atoms with E-state index in [1.165, 1.54) is 6.20 Å². The van der Waals surface area contributed by atoms with Crippen molar-refractivity contribution in [3.05, 3.63) is 12.4 Å². The predicted molar refractivity (Wildman–Crippen MR) is 48.4 cm³/mol. The van der Waals surface area contributed by atoms with Crippen LogP contribution in [0.5, 0.6) is 0 Å². The van der Waals surface area contributed by atoms with Crippen molar-refractivity contribution in [1.82, 2.24) is 10.2 Å². The molecule has 1 aliphatic rings. The van der Waals surface area contributed by atoms with Crippen LogP contribution in [-0.4, -0.2) is 42.3 Å². The highest BCUT2D eigenvalue weighted by molar-refractivity contribution is 4.92. The van der Waals surface area contributed by atoms with Crippen LogP contribution in [0.4, 0.5) is 0 Å². The Morgan fingerprint density at radius 3 is 3.00 bits per heavy atom. The van der Waals surface area contributed by atoms with Crippen LogP contribution in [0.25, 0.3) is 0 Å². The molecule has 0 amide bonds. The van der Waals surface area contributed by atoms with Crippen LogP contribution in [0.2, 0.25) is 0 Å². The summed E-state index contributed by atoms with van der Waals surface area (Å²) < 4.78 is 0. The molecule has 0 aromatic carbocycles. The number of hydrogen-bond donors (Lipinski definition) is 3. The molecular weight excluding hydrogens is 154 g/mol. The van der Waals surface area contributed by atoms with E-state index in [9.17, 15) is 5.11 Å². The Bertz CT molecular complexity index is 172. The molecule has 0 radical (unpaired) electrons. The van der Waals surface area contributed by atoms with Crippen molar-refractivity contribution in [3.63, 3.8) is 0 Å². The van der Waals surface area contributed by atoms with E-state index in [2.05, 4.69) is 10.2 Å². The predicted octanol–water partition coefficient (Wildman–Crippen LogP) is -0.927. The van der Waals surface area contributed by atoms with E-state index in [-0.39, 0.29) is 0 Å². The highest BCUT2D eigenvalue weighted by Crippen LogP contribution is 2.18. The first-order valence-electron chi connectivity index (χ1n) is 4.17. The van der Waals surface area contributed by atoms with E-state index in [1.807, 2.05) is 7.05 Å². The maximum atomic E-state index is 9.91. The summed E-state index contributed by atoms with van der Waals surface area (Å²) >= 11 is 0. The third-order valence-electron chi connectivity index (χ3n) is 2.17. The summed E-state index contributed by atoms with van der Waals surface area (Å²) in [5.41, 5.74) is 4.57. The van der Waals surface area contributed by atoms with Crippen molar-refractivity contribution in [2.45, 2.75) is 12.0 Å². The molecule has 4 N–H and O–H groups in total. The van der Waals surface area contributed by atoms with Gasteiger partial charge >= 0.3 is 0 Å². The molecule has 0 aromatic heterocycles. The van der Waals surface area contributed by atoms with Gasteiger partial charge in [-0.1, -0.05) is 0 Å². The fourth-order valence-electron chi connectivity index (χ4n) is 1.52. The lowest BCUT2D eigenvalue weighted by molar-refractivity contribution is 0.0552. The van der Waals surface area contributed by atoms with Gasteiger partial charge in [-0.25, -0.2) is 0 Å². The van der Waals surface area contributed by atoms with Gasteiger partial charge in [-0.05, 0) is 13.5 Å². The monoisotopic (exact) mass is 171 g/mol. The lowest BCUT2D eigenvalue weighted by Crippen LogP contribution is -2.41. The lowest BCUT2D eigenvalue weighted by Gasteiger charge is -2.21. The summed E-state index contributed by atoms with van der Waals surface area (Å²) in [5, 5.41) is 12.9. The Labute approximate surface area is 73.0 Å². The fourth-order valence-corrected chi connectivity index (χ4v) is 1.52. The van der Waals surface area contributed by atoms with Gasteiger partial charge in [-0.15, -0.1) is 0 Å². The van der Waals surface area contributed by atoms with Crippen molar-refractivity contribution in [2.24, 2.45) is 5.73 Å². The first kappa shape index (κ1) is 9.35. The fraction of sp³-hybridized carbons (Fsp3) is 0.750. The smallest absolute Gasteiger partial charge is 0.0957 e. The number of aliphatic hydroxyl groups is 1. The Balaban J connectivity index is 2.30. The quantitative estimate of drug-likeness (QED) is 0.513. The highest BCUT2D eigenvalue weighted by Gasteiger charge is 2.33. The van der Waals surface area contributed by atoms with E-state index in [4.69, 9.17) is 5.73 Å². The molecule has 0 aromatic rings. The molecule has 1 saturated heterocycles. The van der Waals surface area contributed by atoms with Gasteiger partial charge in [0.15, 0.2) is 0 Å². The van der Waals surface area contributed by atoms with Crippen molar-refractivity contribution in [2.75, 3.05) is 26.7 Å². The molecule has 0 spiro atoms. The largest absolute Gasteiger partial charge is 0.403 e. The summed E-state index contributed by atoms with van der Waals surface area (Å²) in [5.74, 6) is 0. The molecule has 1 unspecified atom stereocenters. The Morgan fingerprint density at radius 2 is 2.50 bits per heavy atom. The van der Waals surface area contributed by atoms with E-state index in [1.54, 1.807) is 6.20 Å². The second-order valence-electron chi connectivity index (χ2n) is 3.45. The number of nitrogens with zero attached hydrogens (tertiary/aromatic N) is 1. The zero-order chi connectivity index (χ0) is 9.03. The topological polar surface area (TPSA) is 61.5 Å². The molecule has 1 rings (SSSR count). The normalized spacial score (nSPS) is 31.5. The van der Waals surface area contributed by atoms with Gasteiger partial charge in [0.1, 0.15) is 0 Å². The van der Waals surface area contributed by atoms with Crippen LogP contribution < -0.4 is 11.1 Å². The van der Waals surface area contributed by atoms with E-state index in [0.29, 0.717) is 6.54 Å². The van der Waals surface area contributed by atoms with Crippen molar-refractivity contribution in [3.8, 4) is 0 Å². The molecule has 12 heavy (non-hydrogen) atoms. The van der Waals surface area contributed by atoms with Gasteiger partial charge in [0.2, 0.25) is 0 Å². The highest BCUT2D eigenvalue weighted by atomic mass is 16.3. The average Bonchev–Trinajstić information content (AvgIpc) is 2.32. The summed E-state index contributed by atoms with van der Waals surface area (Å²) in [6, 6.07) is 0. The van der Waals surface area contributed by atoms with E-state index >= 15 is 0 Å². The maximum absolute atomic E-state index is 9.91.